The Bertz CT molecular complexity index is 1030. The molecule has 1 N–H and O–H groups in total. The second-order valence-electron chi connectivity index (χ2n) is 7.30. The van der Waals surface area contributed by atoms with Gasteiger partial charge in [-0.15, -0.1) is 11.8 Å². The van der Waals surface area contributed by atoms with Crippen molar-refractivity contribution in [3.05, 3.63) is 60.7 Å². The predicted octanol–water partition coefficient (Wildman–Crippen LogP) is 4.79. The maximum Gasteiger partial charge on any atom is 0.261 e. The number of rotatable bonds is 8. The van der Waals surface area contributed by atoms with E-state index in [2.05, 4.69) is 11.3 Å². The third kappa shape index (κ3) is 6.04. The molecule has 31 heavy (non-hydrogen) atoms. The zero-order valence-electron chi connectivity index (χ0n) is 17.7. The number of benzene rings is 2. The fourth-order valence-electron chi connectivity index (χ4n) is 3.48. The van der Waals surface area contributed by atoms with E-state index >= 15 is 0 Å². The summed E-state index contributed by atoms with van der Waals surface area (Å²) in [5.41, 5.74) is 0.816. The lowest BCUT2D eigenvalue weighted by molar-refractivity contribution is 0.0758. The van der Waals surface area contributed by atoms with Crippen molar-refractivity contribution in [3.63, 3.8) is 0 Å². The first-order chi connectivity index (χ1) is 14.9. The van der Waals surface area contributed by atoms with E-state index in [9.17, 15) is 13.2 Å². The fraction of sp³-hybridized carbons (Fsp3) is 0.348. The first-order valence-electron chi connectivity index (χ1n) is 10.3. The predicted molar refractivity (Wildman–Crippen MR) is 126 cm³/mol. The quantitative estimate of drug-likeness (QED) is 0.453. The van der Waals surface area contributed by atoms with Gasteiger partial charge in [-0.25, -0.2) is 8.42 Å². The molecular formula is C23H28N2O4S2. The number of anilines is 1. The molecule has 2 aromatic rings. The lowest BCUT2D eigenvalue weighted by atomic mass is 10.2. The van der Waals surface area contributed by atoms with Crippen molar-refractivity contribution in [2.75, 3.05) is 30.7 Å². The van der Waals surface area contributed by atoms with Crippen molar-refractivity contribution in [2.24, 2.45) is 0 Å². The fourth-order valence-corrected chi connectivity index (χ4v) is 5.13. The van der Waals surface area contributed by atoms with Crippen LogP contribution in [-0.4, -0.2) is 45.2 Å². The third-order valence-electron chi connectivity index (χ3n) is 5.06. The highest BCUT2D eigenvalue weighted by Crippen LogP contribution is 2.28. The standard InChI is InChI=1S/C23H28N2O4S2/c1-3-15-29-19-10-8-9-18(16-19)24-31(27,28)20-11-12-22(30-2)21(17-20)23(26)25-13-6-4-5-7-14-25/h3,8-12,16-17,24H,1,4-7,13-15H2,2H3. The van der Waals surface area contributed by atoms with Gasteiger partial charge in [-0.1, -0.05) is 31.6 Å². The number of carbonyl (C=O) groups is 1. The summed E-state index contributed by atoms with van der Waals surface area (Å²) in [7, 11) is -3.88. The lowest BCUT2D eigenvalue weighted by Crippen LogP contribution is -2.32. The van der Waals surface area contributed by atoms with Gasteiger partial charge in [0.15, 0.2) is 0 Å². The molecule has 0 atom stereocenters. The maximum absolute atomic E-state index is 13.2. The molecular weight excluding hydrogens is 432 g/mol. The van der Waals surface area contributed by atoms with Gasteiger partial charge in [-0.2, -0.15) is 0 Å². The largest absolute Gasteiger partial charge is 0.489 e. The molecule has 0 saturated carbocycles. The molecule has 2 aromatic carbocycles. The smallest absolute Gasteiger partial charge is 0.261 e. The zero-order valence-corrected chi connectivity index (χ0v) is 19.3. The highest BCUT2D eigenvalue weighted by molar-refractivity contribution is 7.98. The van der Waals surface area contributed by atoms with Gasteiger partial charge in [-0.05, 0) is 49.4 Å². The molecule has 6 nitrogen and oxygen atoms in total. The SMILES string of the molecule is C=CCOc1cccc(NS(=O)(=O)c2ccc(SC)c(C(=O)N3CCCCCC3)c2)c1. The molecule has 8 heteroatoms. The number of carbonyl (C=O) groups excluding carboxylic acids is 1. The van der Waals surface area contributed by atoms with Crippen LogP contribution in [0.25, 0.3) is 0 Å². The lowest BCUT2D eigenvalue weighted by Gasteiger charge is -2.22. The first kappa shape index (κ1) is 23.2. The summed E-state index contributed by atoms with van der Waals surface area (Å²) in [6.07, 6.45) is 7.69. The summed E-state index contributed by atoms with van der Waals surface area (Å²) >= 11 is 1.44. The topological polar surface area (TPSA) is 75.7 Å². The van der Waals surface area contributed by atoms with E-state index in [1.54, 1.807) is 36.4 Å². The average Bonchev–Trinajstić information content (AvgIpc) is 3.06. The molecule has 0 radical (unpaired) electrons. The summed E-state index contributed by atoms with van der Waals surface area (Å²) in [6, 6.07) is 11.4. The number of likely N-dealkylation sites (tertiary alicyclic amines) is 1. The van der Waals surface area contributed by atoms with Crippen LogP contribution in [0.1, 0.15) is 36.0 Å². The van der Waals surface area contributed by atoms with Gasteiger partial charge in [0.05, 0.1) is 16.1 Å². The highest BCUT2D eigenvalue weighted by Gasteiger charge is 2.23. The van der Waals surface area contributed by atoms with Gasteiger partial charge in [-0.3, -0.25) is 9.52 Å². The maximum atomic E-state index is 13.2. The summed E-state index contributed by atoms with van der Waals surface area (Å²) in [4.78, 5) is 15.9. The summed E-state index contributed by atoms with van der Waals surface area (Å²) < 4.78 is 34.1. The van der Waals surface area contributed by atoms with E-state index in [4.69, 9.17) is 4.74 Å². The number of nitrogens with one attached hydrogen (secondary N) is 1. The van der Waals surface area contributed by atoms with E-state index in [1.165, 1.54) is 23.9 Å². The number of thioether (sulfide) groups is 1. The van der Waals surface area contributed by atoms with Crippen LogP contribution in [0.5, 0.6) is 5.75 Å². The molecule has 166 valence electrons. The van der Waals surface area contributed by atoms with Gasteiger partial charge < -0.3 is 9.64 Å². The Morgan fingerprint density at radius 1 is 1.16 bits per heavy atom. The van der Waals surface area contributed by atoms with Gasteiger partial charge >= 0.3 is 0 Å². The van der Waals surface area contributed by atoms with Gasteiger partial charge in [0.1, 0.15) is 12.4 Å². The third-order valence-corrected chi connectivity index (χ3v) is 7.23. The van der Waals surface area contributed by atoms with Crippen LogP contribution >= 0.6 is 11.8 Å². The van der Waals surface area contributed by atoms with Crippen molar-refractivity contribution >= 4 is 33.4 Å². The number of hydrogen-bond acceptors (Lipinski definition) is 5. The number of amides is 1. The minimum absolute atomic E-state index is 0.0564. The zero-order chi connectivity index (χ0) is 22.3. The normalized spacial score (nSPS) is 14.5. The molecule has 0 bridgehead atoms. The van der Waals surface area contributed by atoms with Crippen LogP contribution in [0.15, 0.2) is 64.9 Å². The monoisotopic (exact) mass is 460 g/mol. The minimum atomic E-state index is -3.88. The Kier molecular flexibility index (Phi) is 8.03. The first-order valence-corrected chi connectivity index (χ1v) is 13.0. The van der Waals surface area contributed by atoms with E-state index < -0.39 is 10.0 Å². The van der Waals surface area contributed by atoms with E-state index in [1.807, 2.05) is 11.2 Å². The van der Waals surface area contributed by atoms with Gasteiger partial charge in [0, 0.05) is 24.1 Å². The van der Waals surface area contributed by atoms with Crippen molar-refractivity contribution in [2.45, 2.75) is 35.5 Å². The van der Waals surface area contributed by atoms with Gasteiger partial charge in [0.25, 0.3) is 15.9 Å². The number of nitrogens with zero attached hydrogens (tertiary/aromatic N) is 1. The number of hydrogen-bond donors (Lipinski definition) is 1. The molecule has 1 saturated heterocycles. The van der Waals surface area contributed by atoms with Crippen LogP contribution in [0, 0.1) is 0 Å². The van der Waals surface area contributed by atoms with Crippen LogP contribution in [-0.2, 0) is 10.0 Å². The Morgan fingerprint density at radius 2 is 1.90 bits per heavy atom. The average molecular weight is 461 g/mol. The molecule has 0 spiro atoms. The Morgan fingerprint density at radius 3 is 2.58 bits per heavy atom. The number of ether oxygens (including phenoxy) is 1. The molecule has 0 aliphatic carbocycles. The van der Waals surface area contributed by atoms with Crippen LogP contribution in [0.4, 0.5) is 5.69 Å². The summed E-state index contributed by atoms with van der Waals surface area (Å²) in [6.45, 7) is 5.35. The summed E-state index contributed by atoms with van der Waals surface area (Å²) in [5.74, 6) is 0.429. The molecule has 1 amide bonds. The van der Waals surface area contributed by atoms with Crippen LogP contribution in [0.2, 0.25) is 0 Å². The van der Waals surface area contributed by atoms with Crippen molar-refractivity contribution < 1.29 is 17.9 Å². The molecule has 1 aliphatic heterocycles. The van der Waals surface area contributed by atoms with Crippen molar-refractivity contribution in [3.8, 4) is 5.75 Å². The van der Waals surface area contributed by atoms with E-state index in [-0.39, 0.29) is 10.8 Å². The Balaban J connectivity index is 1.87. The second-order valence-corrected chi connectivity index (χ2v) is 9.83. The Hall–Kier alpha value is -2.45. The molecule has 0 aromatic heterocycles. The Labute approximate surface area is 188 Å². The van der Waals surface area contributed by atoms with Gasteiger partial charge in [0.2, 0.25) is 0 Å². The minimum Gasteiger partial charge on any atom is -0.489 e. The number of sulfonamides is 1. The van der Waals surface area contributed by atoms with Crippen molar-refractivity contribution in [1.82, 2.24) is 4.90 Å². The van der Waals surface area contributed by atoms with Crippen LogP contribution in [0.3, 0.4) is 0 Å². The highest BCUT2D eigenvalue weighted by atomic mass is 32.2. The molecule has 1 heterocycles. The van der Waals surface area contributed by atoms with E-state index in [0.29, 0.717) is 36.7 Å². The molecule has 1 fully saturated rings. The van der Waals surface area contributed by atoms with E-state index in [0.717, 1.165) is 30.6 Å². The van der Waals surface area contributed by atoms with Crippen molar-refractivity contribution in [1.29, 1.82) is 0 Å². The molecule has 3 rings (SSSR count). The summed E-state index contributed by atoms with van der Waals surface area (Å²) in [5, 5.41) is 0. The molecule has 1 aliphatic rings. The molecule has 0 unspecified atom stereocenters. The second kappa shape index (κ2) is 10.7. The van der Waals surface area contributed by atoms with Crippen LogP contribution < -0.4 is 9.46 Å².